The van der Waals surface area contributed by atoms with Crippen LogP contribution in [0.15, 0.2) is 52.9 Å². The van der Waals surface area contributed by atoms with Gasteiger partial charge in [0.2, 0.25) is 5.91 Å². The number of rotatable bonds is 2. The third-order valence-corrected chi connectivity index (χ3v) is 5.05. The van der Waals surface area contributed by atoms with Crippen molar-refractivity contribution in [1.82, 2.24) is 14.8 Å². The molecular weight excluding hydrogens is 364 g/mol. The Labute approximate surface area is 159 Å². The average Bonchev–Trinajstić information content (AvgIpc) is 3.22. The lowest BCUT2D eigenvalue weighted by Crippen LogP contribution is -2.25. The molecule has 3 heterocycles. The highest BCUT2D eigenvalue weighted by atomic mass is 35.5. The summed E-state index contributed by atoms with van der Waals surface area (Å²) in [7, 11) is 0. The first kappa shape index (κ1) is 16.1. The molecule has 2 aromatic heterocycles. The van der Waals surface area contributed by atoms with E-state index in [9.17, 15) is 4.79 Å². The molecule has 0 spiro atoms. The molecule has 0 radical (unpaired) electrons. The van der Waals surface area contributed by atoms with E-state index in [-0.39, 0.29) is 11.8 Å². The Morgan fingerprint density at radius 1 is 1.22 bits per heavy atom. The molecule has 0 aliphatic carbocycles. The number of hydrogen-bond donors (Lipinski definition) is 1. The number of aryl methyl sites for hydroxylation is 1. The van der Waals surface area contributed by atoms with Crippen LogP contribution in [0.1, 0.15) is 29.2 Å². The molecule has 1 aliphatic rings. The highest BCUT2D eigenvalue weighted by molar-refractivity contribution is 6.30. The number of halogens is 1. The van der Waals surface area contributed by atoms with Gasteiger partial charge in [-0.25, -0.2) is 0 Å². The Bertz CT molecular complexity index is 1160. The second kappa shape index (κ2) is 5.96. The number of hydrogen-bond acceptors (Lipinski definition) is 4. The maximum atomic E-state index is 12.4. The van der Waals surface area contributed by atoms with E-state index in [1.165, 1.54) is 0 Å². The van der Waals surface area contributed by atoms with E-state index in [0.29, 0.717) is 28.9 Å². The number of nitrogens with one attached hydrogen (secondary N) is 1. The fourth-order valence-corrected chi connectivity index (χ4v) is 3.84. The molecule has 0 saturated carbocycles. The van der Waals surface area contributed by atoms with Crippen LogP contribution < -0.4 is 5.32 Å². The second-order valence-electron chi connectivity index (χ2n) is 6.58. The van der Waals surface area contributed by atoms with E-state index < -0.39 is 0 Å². The van der Waals surface area contributed by atoms with Gasteiger partial charge in [-0.1, -0.05) is 35.9 Å². The van der Waals surface area contributed by atoms with E-state index in [4.69, 9.17) is 16.0 Å². The molecule has 1 N–H and O–H groups in total. The smallest absolute Gasteiger partial charge is 0.325 e. The van der Waals surface area contributed by atoms with Crippen molar-refractivity contribution in [3.05, 3.63) is 70.4 Å². The Balaban J connectivity index is 1.69. The zero-order valence-electron chi connectivity index (χ0n) is 14.4. The number of carbonyl (C=O) groups excluding carboxylic acids is 1. The van der Waals surface area contributed by atoms with Crippen molar-refractivity contribution in [1.29, 1.82) is 0 Å². The second-order valence-corrected chi connectivity index (χ2v) is 7.02. The van der Waals surface area contributed by atoms with Gasteiger partial charge in [-0.2, -0.15) is 14.8 Å². The van der Waals surface area contributed by atoms with Gasteiger partial charge in [-0.05, 0) is 36.8 Å². The summed E-state index contributed by atoms with van der Waals surface area (Å²) in [5, 5.41) is 8.18. The number of carbonyl (C=O) groups is 1. The summed E-state index contributed by atoms with van der Waals surface area (Å²) < 4.78 is 7.41. The highest BCUT2D eigenvalue weighted by Gasteiger charge is 2.33. The van der Waals surface area contributed by atoms with Crippen LogP contribution in [-0.4, -0.2) is 20.7 Å². The van der Waals surface area contributed by atoms with E-state index >= 15 is 0 Å². The molecule has 1 atom stereocenters. The van der Waals surface area contributed by atoms with Crippen LogP contribution in [0.2, 0.25) is 5.02 Å². The third kappa shape index (κ3) is 2.61. The molecule has 5 rings (SSSR count). The van der Waals surface area contributed by atoms with Crippen molar-refractivity contribution in [2.24, 2.45) is 0 Å². The first-order valence-electron chi connectivity index (χ1n) is 8.61. The van der Waals surface area contributed by atoms with E-state index in [1.807, 2.05) is 55.5 Å². The Kier molecular flexibility index (Phi) is 3.55. The summed E-state index contributed by atoms with van der Waals surface area (Å²) in [5.41, 5.74) is 4.17. The quantitative estimate of drug-likeness (QED) is 0.559. The molecular formula is C20H15ClN4O2. The van der Waals surface area contributed by atoms with Gasteiger partial charge in [0.15, 0.2) is 5.58 Å². The van der Waals surface area contributed by atoms with Crippen LogP contribution in [-0.2, 0) is 4.79 Å². The van der Waals surface area contributed by atoms with Crippen LogP contribution in [0.3, 0.4) is 0 Å². The summed E-state index contributed by atoms with van der Waals surface area (Å²) in [6, 6.07) is 15.4. The zero-order chi connectivity index (χ0) is 18.5. The molecule has 1 unspecified atom stereocenters. The molecule has 1 aliphatic heterocycles. The Morgan fingerprint density at radius 3 is 2.89 bits per heavy atom. The lowest BCUT2D eigenvalue weighted by Gasteiger charge is -2.24. The van der Waals surface area contributed by atoms with Crippen molar-refractivity contribution in [2.75, 3.05) is 5.32 Å². The first-order chi connectivity index (χ1) is 13.1. The standard InChI is InChI=1S/C20H15ClN4O2/c1-11-18-14(12-5-4-6-13(21)9-12)10-17(26)23-19(18)25(24-11)20-22-15-7-2-3-8-16(15)27-20/h2-9,14H,10H2,1H3,(H,23,26). The molecule has 7 heteroatoms. The van der Waals surface area contributed by atoms with E-state index in [1.54, 1.807) is 4.68 Å². The predicted molar refractivity (Wildman–Crippen MR) is 102 cm³/mol. The summed E-state index contributed by atoms with van der Waals surface area (Å²) in [6.07, 6.45) is 0.341. The maximum Gasteiger partial charge on any atom is 0.325 e. The number of para-hydroxylation sites is 2. The number of benzene rings is 2. The normalized spacial score (nSPS) is 16.4. The number of oxazole rings is 1. The summed E-state index contributed by atoms with van der Waals surface area (Å²) in [5.74, 6) is 0.399. The zero-order valence-corrected chi connectivity index (χ0v) is 15.2. The van der Waals surface area contributed by atoms with Crippen LogP contribution in [0.25, 0.3) is 17.1 Å². The van der Waals surface area contributed by atoms with Crippen LogP contribution in [0, 0.1) is 6.92 Å². The van der Waals surface area contributed by atoms with Crippen molar-refractivity contribution in [3.8, 4) is 6.01 Å². The number of nitrogens with zero attached hydrogens (tertiary/aromatic N) is 3. The molecule has 134 valence electrons. The summed E-state index contributed by atoms with van der Waals surface area (Å²) >= 11 is 6.17. The molecule has 0 fully saturated rings. The van der Waals surface area contributed by atoms with Gasteiger partial charge in [-0.3, -0.25) is 4.79 Å². The number of anilines is 1. The largest absolute Gasteiger partial charge is 0.422 e. The number of fused-ring (bicyclic) bond motifs is 2. The van der Waals surface area contributed by atoms with Gasteiger partial charge in [0, 0.05) is 22.9 Å². The van der Waals surface area contributed by atoms with Crippen LogP contribution in [0.5, 0.6) is 0 Å². The fourth-order valence-electron chi connectivity index (χ4n) is 3.64. The topological polar surface area (TPSA) is 73.0 Å². The van der Waals surface area contributed by atoms with Crippen molar-refractivity contribution in [2.45, 2.75) is 19.3 Å². The molecule has 0 saturated heterocycles. The molecule has 0 bridgehead atoms. The lowest BCUT2D eigenvalue weighted by molar-refractivity contribution is -0.116. The van der Waals surface area contributed by atoms with Gasteiger partial charge in [0.25, 0.3) is 0 Å². The molecule has 2 aromatic carbocycles. The van der Waals surface area contributed by atoms with Crippen LogP contribution in [0.4, 0.5) is 5.82 Å². The maximum absolute atomic E-state index is 12.4. The molecule has 1 amide bonds. The number of amides is 1. The Morgan fingerprint density at radius 2 is 2.07 bits per heavy atom. The van der Waals surface area contributed by atoms with Crippen molar-refractivity contribution < 1.29 is 9.21 Å². The summed E-state index contributed by atoms with van der Waals surface area (Å²) in [6.45, 7) is 1.92. The van der Waals surface area contributed by atoms with Gasteiger partial charge in [0.05, 0.1) is 5.69 Å². The Hall–Kier alpha value is -3.12. The van der Waals surface area contributed by atoms with Crippen molar-refractivity contribution >= 4 is 34.4 Å². The van der Waals surface area contributed by atoms with Crippen LogP contribution >= 0.6 is 11.6 Å². The SMILES string of the molecule is Cc1nn(-c2nc3ccccc3o2)c2c1C(c1cccc(Cl)c1)CC(=O)N2. The minimum Gasteiger partial charge on any atom is -0.422 e. The monoisotopic (exact) mass is 378 g/mol. The minimum atomic E-state index is -0.120. The average molecular weight is 379 g/mol. The third-order valence-electron chi connectivity index (χ3n) is 4.82. The minimum absolute atomic E-state index is 0.0789. The molecule has 6 nitrogen and oxygen atoms in total. The molecule has 4 aromatic rings. The summed E-state index contributed by atoms with van der Waals surface area (Å²) in [4.78, 5) is 16.9. The van der Waals surface area contributed by atoms with Gasteiger partial charge in [0.1, 0.15) is 11.3 Å². The molecule has 27 heavy (non-hydrogen) atoms. The van der Waals surface area contributed by atoms with E-state index in [2.05, 4.69) is 15.4 Å². The lowest BCUT2D eigenvalue weighted by atomic mass is 9.86. The van der Waals surface area contributed by atoms with Gasteiger partial charge >= 0.3 is 6.01 Å². The van der Waals surface area contributed by atoms with Crippen molar-refractivity contribution in [3.63, 3.8) is 0 Å². The van der Waals surface area contributed by atoms with Gasteiger partial charge in [-0.15, -0.1) is 0 Å². The fraction of sp³-hybridized carbons (Fsp3) is 0.150. The van der Waals surface area contributed by atoms with E-state index in [0.717, 1.165) is 22.3 Å². The first-order valence-corrected chi connectivity index (χ1v) is 8.99. The highest BCUT2D eigenvalue weighted by Crippen LogP contribution is 2.40. The predicted octanol–water partition coefficient (Wildman–Crippen LogP) is 4.45. The van der Waals surface area contributed by atoms with Gasteiger partial charge < -0.3 is 9.73 Å². The number of aromatic nitrogens is 3.